The van der Waals surface area contributed by atoms with Gasteiger partial charge >= 0.3 is 0 Å². The number of hydrogen-bond donors (Lipinski definition) is 0. The molecule has 1 unspecified atom stereocenters. The summed E-state index contributed by atoms with van der Waals surface area (Å²) >= 11 is 3.60. The molecule has 0 aliphatic carbocycles. The molecular formula is C20H31BrO2. The summed E-state index contributed by atoms with van der Waals surface area (Å²) in [6.45, 7) is 5.34. The molecule has 1 atom stereocenters. The fourth-order valence-electron chi connectivity index (χ4n) is 3.72. The monoisotopic (exact) mass is 382 g/mol. The third-order valence-electron chi connectivity index (χ3n) is 4.67. The van der Waals surface area contributed by atoms with E-state index in [1.54, 1.807) is 0 Å². The first-order valence-electron chi connectivity index (χ1n) is 9.19. The predicted molar refractivity (Wildman–Crippen MR) is 100 cm³/mol. The lowest BCUT2D eigenvalue weighted by Crippen LogP contribution is -2.37. The van der Waals surface area contributed by atoms with Gasteiger partial charge in [0.05, 0.1) is 5.60 Å². The maximum Gasteiger partial charge on any atom is 0.158 e. The summed E-state index contributed by atoms with van der Waals surface area (Å²) in [7, 11) is 0. The Morgan fingerprint density at radius 3 is 2.52 bits per heavy atom. The van der Waals surface area contributed by atoms with Gasteiger partial charge in [0.2, 0.25) is 0 Å². The number of halogens is 1. The van der Waals surface area contributed by atoms with Gasteiger partial charge in [-0.05, 0) is 49.7 Å². The van der Waals surface area contributed by atoms with Crippen molar-refractivity contribution in [2.45, 2.75) is 77.1 Å². The molecule has 0 aromatic heterocycles. The second-order valence-corrected chi connectivity index (χ2v) is 7.30. The number of rotatable bonds is 9. The van der Waals surface area contributed by atoms with Crippen LogP contribution in [0.5, 0.6) is 0 Å². The van der Waals surface area contributed by atoms with Gasteiger partial charge in [-0.25, -0.2) is 0 Å². The first kappa shape index (κ1) is 19.0. The Kier molecular flexibility index (Phi) is 8.08. The second kappa shape index (κ2) is 9.80. The molecule has 1 aromatic carbocycles. The maximum absolute atomic E-state index is 6.70. The van der Waals surface area contributed by atoms with Crippen molar-refractivity contribution in [3.05, 3.63) is 35.4 Å². The highest BCUT2D eigenvalue weighted by Gasteiger charge is 2.36. The number of hydrogen-bond acceptors (Lipinski definition) is 2. The Hall–Kier alpha value is -0.380. The van der Waals surface area contributed by atoms with E-state index in [1.807, 2.05) is 0 Å². The SMILES string of the molecule is CCCC(CCC)(OC1CCCCO1)c1ccccc1CCBr. The van der Waals surface area contributed by atoms with Crippen molar-refractivity contribution >= 4 is 15.9 Å². The van der Waals surface area contributed by atoms with Crippen molar-refractivity contribution in [1.82, 2.24) is 0 Å². The van der Waals surface area contributed by atoms with Crippen LogP contribution in [-0.4, -0.2) is 18.2 Å². The summed E-state index contributed by atoms with van der Waals surface area (Å²) in [5.41, 5.74) is 2.57. The summed E-state index contributed by atoms with van der Waals surface area (Å²) in [4.78, 5) is 0. The summed E-state index contributed by atoms with van der Waals surface area (Å²) in [6.07, 6.45) is 8.75. The molecule has 0 saturated carbocycles. The van der Waals surface area contributed by atoms with Crippen LogP contribution in [0.25, 0.3) is 0 Å². The second-order valence-electron chi connectivity index (χ2n) is 6.50. The number of ether oxygens (including phenoxy) is 2. The highest BCUT2D eigenvalue weighted by Crippen LogP contribution is 2.40. The topological polar surface area (TPSA) is 18.5 Å². The van der Waals surface area contributed by atoms with Crippen molar-refractivity contribution in [2.75, 3.05) is 11.9 Å². The molecule has 2 rings (SSSR count). The highest BCUT2D eigenvalue weighted by atomic mass is 79.9. The average molecular weight is 383 g/mol. The number of benzene rings is 1. The first-order valence-corrected chi connectivity index (χ1v) is 10.3. The zero-order valence-corrected chi connectivity index (χ0v) is 16.2. The molecule has 2 nitrogen and oxygen atoms in total. The predicted octanol–water partition coefficient (Wildman–Crippen LogP) is 5.96. The lowest BCUT2D eigenvalue weighted by molar-refractivity contribution is -0.234. The van der Waals surface area contributed by atoms with Crippen LogP contribution in [0.15, 0.2) is 24.3 Å². The highest BCUT2D eigenvalue weighted by molar-refractivity contribution is 9.09. The maximum atomic E-state index is 6.70. The minimum Gasteiger partial charge on any atom is -0.353 e. The lowest BCUT2D eigenvalue weighted by atomic mass is 9.81. The standard InChI is InChI=1S/C20H31BrO2/c1-3-13-20(14-4-2,23-19-11-7-8-16-22-19)18-10-6-5-9-17(18)12-15-21/h5-6,9-10,19H,3-4,7-8,11-16H2,1-2H3. The van der Waals surface area contributed by atoms with E-state index in [0.717, 1.165) is 56.9 Å². The molecule has 0 radical (unpaired) electrons. The Bertz CT molecular complexity index is 449. The fraction of sp³-hybridized carbons (Fsp3) is 0.700. The zero-order valence-electron chi connectivity index (χ0n) is 14.7. The first-order chi connectivity index (χ1) is 11.3. The van der Waals surface area contributed by atoms with E-state index >= 15 is 0 Å². The molecule has 0 bridgehead atoms. The van der Waals surface area contributed by atoms with Gasteiger partial charge < -0.3 is 9.47 Å². The largest absolute Gasteiger partial charge is 0.353 e. The van der Waals surface area contributed by atoms with Crippen molar-refractivity contribution in [3.63, 3.8) is 0 Å². The minimum absolute atomic E-state index is 0.0427. The molecule has 0 spiro atoms. The van der Waals surface area contributed by atoms with Crippen molar-refractivity contribution in [2.24, 2.45) is 0 Å². The van der Waals surface area contributed by atoms with E-state index in [-0.39, 0.29) is 11.9 Å². The van der Waals surface area contributed by atoms with Crippen LogP contribution in [0, 0.1) is 0 Å². The molecule has 1 aliphatic rings. The Morgan fingerprint density at radius 2 is 1.91 bits per heavy atom. The molecule has 1 saturated heterocycles. The number of alkyl halides is 1. The average Bonchev–Trinajstić information content (AvgIpc) is 2.57. The molecule has 1 aliphatic heterocycles. The van der Waals surface area contributed by atoms with Crippen LogP contribution >= 0.6 is 15.9 Å². The molecule has 3 heteroatoms. The molecule has 0 amide bonds. The van der Waals surface area contributed by atoms with Crippen LogP contribution in [0.3, 0.4) is 0 Å². The van der Waals surface area contributed by atoms with Gasteiger partial charge in [-0.3, -0.25) is 0 Å². The molecular weight excluding hydrogens is 352 g/mol. The van der Waals surface area contributed by atoms with Gasteiger partial charge in [0.25, 0.3) is 0 Å². The Labute approximate surface area is 150 Å². The van der Waals surface area contributed by atoms with Crippen LogP contribution < -0.4 is 0 Å². The summed E-state index contributed by atoms with van der Waals surface area (Å²) < 4.78 is 12.6. The van der Waals surface area contributed by atoms with E-state index in [2.05, 4.69) is 54.0 Å². The van der Waals surface area contributed by atoms with Crippen LogP contribution in [-0.2, 0) is 21.5 Å². The molecule has 1 heterocycles. The van der Waals surface area contributed by atoms with E-state index in [9.17, 15) is 0 Å². The Morgan fingerprint density at radius 1 is 1.17 bits per heavy atom. The van der Waals surface area contributed by atoms with Gasteiger partial charge in [-0.1, -0.05) is 66.9 Å². The summed E-state index contributed by atoms with van der Waals surface area (Å²) in [6, 6.07) is 8.81. The van der Waals surface area contributed by atoms with E-state index in [1.165, 1.54) is 17.5 Å². The van der Waals surface area contributed by atoms with Gasteiger partial charge in [0, 0.05) is 11.9 Å². The molecule has 23 heavy (non-hydrogen) atoms. The smallest absolute Gasteiger partial charge is 0.158 e. The summed E-state index contributed by atoms with van der Waals surface area (Å²) in [5.74, 6) is 0. The third kappa shape index (κ3) is 5.04. The van der Waals surface area contributed by atoms with Crippen LogP contribution in [0.4, 0.5) is 0 Å². The van der Waals surface area contributed by atoms with Gasteiger partial charge in [0.1, 0.15) is 0 Å². The molecule has 1 fully saturated rings. The molecule has 1 aromatic rings. The van der Waals surface area contributed by atoms with E-state index < -0.39 is 0 Å². The van der Waals surface area contributed by atoms with Crippen LogP contribution in [0.2, 0.25) is 0 Å². The quantitative estimate of drug-likeness (QED) is 0.490. The number of aryl methyl sites for hydroxylation is 1. The van der Waals surface area contributed by atoms with Gasteiger partial charge in [-0.2, -0.15) is 0 Å². The van der Waals surface area contributed by atoms with Crippen molar-refractivity contribution < 1.29 is 9.47 Å². The van der Waals surface area contributed by atoms with Crippen LogP contribution in [0.1, 0.15) is 69.9 Å². The zero-order chi connectivity index (χ0) is 16.5. The van der Waals surface area contributed by atoms with E-state index in [0.29, 0.717) is 0 Å². The fourth-order valence-corrected chi connectivity index (χ4v) is 4.15. The molecule has 0 N–H and O–H groups in total. The normalized spacial score (nSPS) is 19.0. The summed E-state index contributed by atoms with van der Waals surface area (Å²) in [5, 5.41) is 0.984. The Balaban J connectivity index is 2.34. The van der Waals surface area contributed by atoms with E-state index in [4.69, 9.17) is 9.47 Å². The van der Waals surface area contributed by atoms with Crippen molar-refractivity contribution in [3.8, 4) is 0 Å². The minimum atomic E-state index is -0.204. The van der Waals surface area contributed by atoms with Gasteiger partial charge in [-0.15, -0.1) is 0 Å². The van der Waals surface area contributed by atoms with Crippen molar-refractivity contribution in [1.29, 1.82) is 0 Å². The lowest BCUT2D eigenvalue weighted by Gasteiger charge is -2.40. The third-order valence-corrected chi connectivity index (χ3v) is 5.07. The van der Waals surface area contributed by atoms with Gasteiger partial charge in [0.15, 0.2) is 6.29 Å². The molecule has 130 valence electrons.